The van der Waals surface area contributed by atoms with Crippen molar-refractivity contribution in [3.63, 3.8) is 0 Å². The zero-order chi connectivity index (χ0) is 19.7. The van der Waals surface area contributed by atoms with E-state index >= 15 is 0 Å². The van der Waals surface area contributed by atoms with Gasteiger partial charge in [0.2, 0.25) is 0 Å². The van der Waals surface area contributed by atoms with E-state index in [1.807, 2.05) is 40.8 Å². The first-order valence-electron chi connectivity index (χ1n) is 9.09. The zero-order valence-corrected chi connectivity index (χ0v) is 17.9. The molecule has 1 aromatic heterocycles. The van der Waals surface area contributed by atoms with E-state index in [1.54, 1.807) is 23.2 Å². The molecule has 1 aliphatic rings. The largest absolute Gasteiger partial charge is 0.315 e. The van der Waals surface area contributed by atoms with Crippen molar-refractivity contribution in [2.45, 2.75) is 18.9 Å². The monoisotopic (exact) mass is 509 g/mol. The van der Waals surface area contributed by atoms with Gasteiger partial charge in [-0.1, -0.05) is 23.7 Å². The molecular weight excluding hydrogens is 492 g/mol. The highest BCUT2D eigenvalue weighted by Gasteiger charge is 2.31. The van der Waals surface area contributed by atoms with Crippen molar-refractivity contribution in [2.24, 2.45) is 0 Å². The first-order chi connectivity index (χ1) is 13.6. The van der Waals surface area contributed by atoms with E-state index in [-0.39, 0.29) is 11.6 Å². The minimum Gasteiger partial charge on any atom is -0.315 e. The van der Waals surface area contributed by atoms with Crippen LogP contribution in [0.3, 0.4) is 0 Å². The Hall–Kier alpha value is -1.77. The van der Waals surface area contributed by atoms with E-state index in [1.165, 1.54) is 12.1 Å². The predicted molar refractivity (Wildman–Crippen MR) is 119 cm³/mol. The van der Waals surface area contributed by atoms with Crippen LogP contribution in [0.15, 0.2) is 48.7 Å². The number of rotatable bonds is 3. The highest BCUT2D eigenvalue weighted by molar-refractivity contribution is 14.1. The maximum Gasteiger partial charge on any atom is 0.262 e. The number of amides is 1. The number of halogens is 3. The van der Waals surface area contributed by atoms with Crippen molar-refractivity contribution in [1.29, 1.82) is 0 Å². The van der Waals surface area contributed by atoms with Crippen LogP contribution in [0.4, 0.5) is 10.2 Å². The standard InChI is InChI=1S/C21H18ClFIN3O/c22-17-5-1-3-13-8-10-26-20(19(13)17)27(15-4-2-9-25-12-15)21(28)16-7-6-14(24)11-18(16)23/h1,3,5-8,10-11,15,25H,2,4,9,12H2/t15-/m1/s1. The van der Waals surface area contributed by atoms with E-state index < -0.39 is 11.7 Å². The van der Waals surface area contributed by atoms with Crippen molar-refractivity contribution in [3.8, 4) is 0 Å². The fraction of sp³-hybridized carbons (Fsp3) is 0.238. The summed E-state index contributed by atoms with van der Waals surface area (Å²) in [6.45, 7) is 1.53. The third-order valence-corrected chi connectivity index (χ3v) is 5.95. The van der Waals surface area contributed by atoms with Gasteiger partial charge in [-0.3, -0.25) is 9.69 Å². The highest BCUT2D eigenvalue weighted by atomic mass is 127. The Labute approximate surface area is 181 Å². The Balaban J connectivity index is 1.89. The maximum absolute atomic E-state index is 14.6. The molecule has 4 nitrogen and oxygen atoms in total. The average molecular weight is 510 g/mol. The SMILES string of the molecule is O=C(c1ccc(I)cc1F)N(c1nccc2cccc(Cl)c12)[C@@H]1CCCNC1. The molecule has 1 saturated heterocycles. The summed E-state index contributed by atoms with van der Waals surface area (Å²) >= 11 is 8.51. The van der Waals surface area contributed by atoms with Gasteiger partial charge in [-0.05, 0) is 77.7 Å². The topological polar surface area (TPSA) is 45.2 Å². The van der Waals surface area contributed by atoms with Gasteiger partial charge in [-0.25, -0.2) is 9.37 Å². The highest BCUT2D eigenvalue weighted by Crippen LogP contribution is 2.34. The molecule has 0 unspecified atom stereocenters. The number of carbonyl (C=O) groups excluding carboxylic acids is 1. The normalized spacial score (nSPS) is 16.9. The lowest BCUT2D eigenvalue weighted by atomic mass is 10.0. The summed E-state index contributed by atoms with van der Waals surface area (Å²) in [5.41, 5.74) is 0.0387. The molecule has 2 aromatic carbocycles. The number of fused-ring (bicyclic) bond motifs is 1. The van der Waals surface area contributed by atoms with Crippen LogP contribution in [-0.4, -0.2) is 30.0 Å². The smallest absolute Gasteiger partial charge is 0.262 e. The summed E-state index contributed by atoms with van der Waals surface area (Å²) in [5.74, 6) is -0.459. The molecule has 144 valence electrons. The number of benzene rings is 2. The van der Waals surface area contributed by atoms with Gasteiger partial charge in [-0.2, -0.15) is 0 Å². The molecule has 7 heteroatoms. The summed E-state index contributed by atoms with van der Waals surface area (Å²) in [6.07, 6.45) is 3.41. The van der Waals surface area contributed by atoms with Crippen LogP contribution >= 0.6 is 34.2 Å². The van der Waals surface area contributed by atoms with Gasteiger partial charge in [0.1, 0.15) is 11.6 Å². The molecule has 1 atom stereocenters. The maximum atomic E-state index is 14.6. The Bertz CT molecular complexity index is 1030. The molecule has 0 bridgehead atoms. The van der Waals surface area contributed by atoms with Crippen molar-refractivity contribution in [2.75, 3.05) is 18.0 Å². The van der Waals surface area contributed by atoms with Crippen LogP contribution in [0.1, 0.15) is 23.2 Å². The molecule has 0 spiro atoms. The second-order valence-electron chi connectivity index (χ2n) is 6.77. The first-order valence-corrected chi connectivity index (χ1v) is 10.5. The average Bonchev–Trinajstić information content (AvgIpc) is 2.69. The van der Waals surface area contributed by atoms with E-state index in [9.17, 15) is 9.18 Å². The number of hydrogen-bond acceptors (Lipinski definition) is 3. The van der Waals surface area contributed by atoms with Gasteiger partial charge >= 0.3 is 0 Å². The molecule has 0 aliphatic carbocycles. The van der Waals surface area contributed by atoms with Crippen molar-refractivity contribution in [3.05, 3.63) is 68.6 Å². The summed E-state index contributed by atoms with van der Waals surface area (Å²) in [6, 6.07) is 11.9. The lowest BCUT2D eigenvalue weighted by molar-refractivity contribution is 0.0968. The second kappa shape index (κ2) is 8.31. The number of nitrogens with zero attached hydrogens (tertiary/aromatic N) is 2. The molecule has 4 rings (SSSR count). The summed E-state index contributed by atoms with van der Waals surface area (Å²) < 4.78 is 15.4. The first kappa shape index (κ1) is 19.5. The van der Waals surface area contributed by atoms with Gasteiger partial charge in [0.25, 0.3) is 5.91 Å². The van der Waals surface area contributed by atoms with Crippen molar-refractivity contribution >= 4 is 56.7 Å². The number of anilines is 1. The molecule has 1 fully saturated rings. The molecule has 1 aliphatic heterocycles. The molecule has 1 N–H and O–H groups in total. The van der Waals surface area contributed by atoms with Gasteiger partial charge < -0.3 is 5.32 Å². The van der Waals surface area contributed by atoms with Crippen LogP contribution in [0.5, 0.6) is 0 Å². The van der Waals surface area contributed by atoms with Gasteiger partial charge in [0.15, 0.2) is 0 Å². The van der Waals surface area contributed by atoms with E-state index in [4.69, 9.17) is 11.6 Å². The number of hydrogen-bond donors (Lipinski definition) is 1. The summed E-state index contributed by atoms with van der Waals surface area (Å²) in [5, 5.41) is 5.44. The van der Waals surface area contributed by atoms with Crippen LogP contribution in [0.2, 0.25) is 5.02 Å². The number of aromatic nitrogens is 1. The van der Waals surface area contributed by atoms with Crippen LogP contribution in [0, 0.1) is 9.39 Å². The predicted octanol–water partition coefficient (Wildman–Crippen LogP) is 5.03. The van der Waals surface area contributed by atoms with Gasteiger partial charge in [0.05, 0.1) is 16.6 Å². The fourth-order valence-corrected chi connectivity index (χ4v) is 4.35. The Kier molecular flexibility index (Phi) is 5.80. The Morgan fingerprint density at radius 1 is 1.29 bits per heavy atom. The van der Waals surface area contributed by atoms with E-state index in [0.717, 1.165) is 28.3 Å². The quantitative estimate of drug-likeness (QED) is 0.504. The molecule has 1 amide bonds. The minimum atomic E-state index is -0.531. The van der Waals surface area contributed by atoms with Crippen molar-refractivity contribution < 1.29 is 9.18 Å². The lowest BCUT2D eigenvalue weighted by Gasteiger charge is -2.34. The lowest BCUT2D eigenvalue weighted by Crippen LogP contribution is -2.49. The summed E-state index contributed by atoms with van der Waals surface area (Å²) in [4.78, 5) is 19.6. The molecule has 3 aromatic rings. The molecule has 0 saturated carbocycles. The third-order valence-electron chi connectivity index (χ3n) is 4.96. The Morgan fingerprint density at radius 3 is 2.89 bits per heavy atom. The third kappa shape index (κ3) is 3.73. The molecule has 0 radical (unpaired) electrons. The molecule has 2 heterocycles. The van der Waals surface area contributed by atoms with E-state index in [0.29, 0.717) is 22.8 Å². The number of nitrogens with one attached hydrogen (secondary N) is 1. The van der Waals surface area contributed by atoms with Gasteiger partial charge in [-0.15, -0.1) is 0 Å². The number of piperidine rings is 1. The fourth-order valence-electron chi connectivity index (χ4n) is 3.63. The summed E-state index contributed by atoms with van der Waals surface area (Å²) in [7, 11) is 0. The Morgan fingerprint density at radius 2 is 2.14 bits per heavy atom. The van der Waals surface area contributed by atoms with E-state index in [2.05, 4.69) is 10.3 Å². The molecule has 28 heavy (non-hydrogen) atoms. The van der Waals surface area contributed by atoms with Crippen LogP contribution in [-0.2, 0) is 0 Å². The van der Waals surface area contributed by atoms with Crippen LogP contribution in [0.25, 0.3) is 10.8 Å². The molecular formula is C21H18ClFIN3O. The number of carbonyl (C=O) groups is 1. The second-order valence-corrected chi connectivity index (χ2v) is 8.42. The van der Waals surface area contributed by atoms with Crippen LogP contribution < -0.4 is 10.2 Å². The minimum absolute atomic E-state index is 0.0387. The van der Waals surface area contributed by atoms with Crippen molar-refractivity contribution in [1.82, 2.24) is 10.3 Å². The number of pyridine rings is 1. The van der Waals surface area contributed by atoms with Gasteiger partial charge in [0, 0.05) is 21.7 Å². The zero-order valence-electron chi connectivity index (χ0n) is 15.0.